The van der Waals surface area contributed by atoms with E-state index in [1.54, 1.807) is 0 Å². The first-order valence-corrected chi connectivity index (χ1v) is 29.3. The molecule has 4 aliphatic heterocycles. The van der Waals surface area contributed by atoms with Crippen LogP contribution < -0.4 is 52.1 Å². The number of anilines is 6. The molecule has 81 heavy (non-hydrogen) atoms. The molecule has 0 unspecified atom stereocenters. The predicted molar refractivity (Wildman–Crippen MR) is 337 cm³/mol. The van der Waals surface area contributed by atoms with Gasteiger partial charge in [0.15, 0.2) is 0 Å². The molecule has 4 nitrogen and oxygen atoms in total. The van der Waals surface area contributed by atoms with Crippen molar-refractivity contribution in [2.24, 2.45) is 0 Å². The summed E-state index contributed by atoms with van der Waals surface area (Å²) >= 11 is 3.72. The topological polar surface area (TPSA) is 24.9 Å². The lowest BCUT2D eigenvalue weighted by Gasteiger charge is -2.45. The van der Waals surface area contributed by atoms with Gasteiger partial charge in [-0.2, -0.15) is 0 Å². The Labute approximate surface area is 480 Å². The van der Waals surface area contributed by atoms with Gasteiger partial charge in [0, 0.05) is 65.8 Å². The predicted octanol–water partition coefficient (Wildman–Crippen LogP) is 15.2. The van der Waals surface area contributed by atoms with E-state index in [2.05, 4.69) is 228 Å². The Hall–Kier alpha value is -9.33. The number of fused-ring (bicyclic) bond motifs is 11. The molecular weight excluding hydrogens is 1020 g/mol. The van der Waals surface area contributed by atoms with Crippen LogP contribution in [0.4, 0.5) is 34.1 Å². The third kappa shape index (κ3) is 7.10. The monoisotopic (exact) mass is 1070 g/mol. The van der Waals surface area contributed by atoms with Crippen molar-refractivity contribution in [1.82, 2.24) is 0 Å². The molecule has 12 aromatic carbocycles. The number of hydrogen-bond donors (Lipinski definition) is 0. The van der Waals surface area contributed by atoms with Gasteiger partial charge in [-0.05, 0) is 134 Å². The second-order valence-electron chi connectivity index (χ2n) is 21.4. The first-order chi connectivity index (χ1) is 40.2. The Balaban J connectivity index is 0.950. The highest BCUT2D eigenvalue weighted by Gasteiger charge is 2.49. The van der Waals surface area contributed by atoms with Gasteiger partial charge in [-0.15, -0.1) is 0 Å². The molecule has 17 rings (SSSR count). The average Bonchev–Trinajstić information content (AvgIpc) is 3.51. The van der Waals surface area contributed by atoms with Gasteiger partial charge in [0.25, 0.3) is 6.71 Å². The van der Waals surface area contributed by atoms with Crippen LogP contribution in [0.2, 0.25) is 0 Å². The third-order valence-electron chi connectivity index (χ3n) is 17.1. The molecule has 0 saturated heterocycles. The van der Waals surface area contributed by atoms with Gasteiger partial charge in [0.05, 0.1) is 5.41 Å². The highest BCUT2D eigenvalue weighted by Crippen LogP contribution is 2.58. The van der Waals surface area contributed by atoms with Gasteiger partial charge in [-0.25, -0.2) is 0 Å². The smallest absolute Gasteiger partial charge is 0.252 e. The van der Waals surface area contributed by atoms with Crippen molar-refractivity contribution >= 4 is 104 Å². The van der Waals surface area contributed by atoms with Crippen molar-refractivity contribution in [2.45, 2.75) is 25.0 Å². The van der Waals surface area contributed by atoms with E-state index in [1.807, 2.05) is 84.2 Å². The molecule has 4 heterocycles. The molecular formula is C73H46B2N2O2S2. The summed E-state index contributed by atoms with van der Waals surface area (Å²) in [4.78, 5) is 9.98. The summed E-state index contributed by atoms with van der Waals surface area (Å²) in [7, 11) is 0. The van der Waals surface area contributed by atoms with E-state index in [9.17, 15) is 0 Å². The molecule has 0 amide bonds. The first kappa shape index (κ1) is 46.6. The summed E-state index contributed by atoms with van der Waals surface area (Å²) in [5, 5.41) is 0. The molecule has 0 spiro atoms. The van der Waals surface area contributed by atoms with Gasteiger partial charge >= 0.3 is 0 Å². The van der Waals surface area contributed by atoms with Crippen LogP contribution in [-0.4, -0.2) is 13.4 Å². The van der Waals surface area contributed by atoms with E-state index in [0.29, 0.717) is 0 Å². The molecule has 0 radical (unpaired) electrons. The second-order valence-corrected chi connectivity index (χ2v) is 23.6. The summed E-state index contributed by atoms with van der Waals surface area (Å²) in [6.07, 6.45) is 0. The van der Waals surface area contributed by atoms with Gasteiger partial charge in [0.1, 0.15) is 23.0 Å². The Kier molecular flexibility index (Phi) is 10.6. The number of rotatable bonds is 8. The minimum absolute atomic E-state index is 0.0102. The summed E-state index contributed by atoms with van der Waals surface area (Å²) in [6.45, 7) is -0.107. The van der Waals surface area contributed by atoms with Crippen LogP contribution in [0.3, 0.4) is 0 Å². The van der Waals surface area contributed by atoms with Crippen LogP contribution in [0.1, 0.15) is 22.3 Å². The lowest BCUT2D eigenvalue weighted by molar-refractivity contribution is 0.480. The number of hydrogen-bond acceptors (Lipinski definition) is 6. The van der Waals surface area contributed by atoms with E-state index >= 15 is 0 Å². The van der Waals surface area contributed by atoms with Crippen LogP contribution in [0.25, 0.3) is 11.1 Å². The number of ether oxygens (including phenoxy) is 2. The maximum atomic E-state index is 7.03. The van der Waals surface area contributed by atoms with Crippen LogP contribution in [0.5, 0.6) is 23.0 Å². The van der Waals surface area contributed by atoms with E-state index in [1.165, 1.54) is 85.7 Å². The third-order valence-corrected chi connectivity index (χ3v) is 19.4. The number of nitrogens with zero attached hydrogens (tertiary/aromatic N) is 2. The van der Waals surface area contributed by atoms with Crippen LogP contribution in [0.15, 0.2) is 299 Å². The lowest BCUT2D eigenvalue weighted by atomic mass is 9.31. The maximum Gasteiger partial charge on any atom is 0.252 e. The van der Waals surface area contributed by atoms with E-state index in [0.717, 1.165) is 57.1 Å². The maximum absolute atomic E-state index is 7.03. The highest BCUT2D eigenvalue weighted by molar-refractivity contribution is 8.01. The fourth-order valence-corrected chi connectivity index (χ4v) is 16.4. The van der Waals surface area contributed by atoms with E-state index in [-0.39, 0.29) is 13.4 Å². The average molecular weight is 1070 g/mol. The zero-order chi connectivity index (χ0) is 53.2. The minimum Gasteiger partial charge on any atom is -0.457 e. The molecule has 1 aliphatic carbocycles. The normalized spacial score (nSPS) is 14.1. The van der Waals surface area contributed by atoms with Gasteiger partial charge in [-0.1, -0.05) is 223 Å². The van der Waals surface area contributed by atoms with Crippen LogP contribution in [0, 0.1) is 0 Å². The molecule has 378 valence electrons. The Bertz CT molecular complexity index is 4470. The summed E-state index contributed by atoms with van der Waals surface area (Å²) in [6, 6.07) is 102. The number of benzene rings is 12. The van der Waals surface area contributed by atoms with E-state index < -0.39 is 5.41 Å². The standard InChI is InChI=1S/C73H46B2N2O2S2/c1-6-22-47(23-7-1)73(48-24-8-2-9-25-48)57-33-17-16-32-55(57)56-40-50(38-39-58(56)73)77-64-46-68-62(75-60-35-19-21-37-67(60)80-69-43-54(44-70(81-68)72(69)75)79-52-30-14-5-15-31-52)45-61(64)74-59-34-18-20-36-63(59)76(49-26-10-3-11-27-49)65-41-53(42-66(77)71(65)74)78-51-28-12-4-13-29-51/h1-46H. The van der Waals surface area contributed by atoms with Crippen molar-refractivity contribution in [2.75, 3.05) is 9.80 Å². The van der Waals surface area contributed by atoms with Crippen LogP contribution >= 0.6 is 23.5 Å². The summed E-state index contributed by atoms with van der Waals surface area (Å²) in [5.74, 6) is 3.20. The van der Waals surface area contributed by atoms with Crippen molar-refractivity contribution in [3.8, 4) is 34.1 Å². The molecule has 0 fully saturated rings. The summed E-state index contributed by atoms with van der Waals surface area (Å²) < 4.78 is 13.7. The molecule has 5 aliphatic rings. The fraction of sp³-hybridized carbons (Fsp3) is 0.0137. The molecule has 0 N–H and O–H groups in total. The lowest BCUT2D eigenvalue weighted by Crippen LogP contribution is -2.64. The quantitative estimate of drug-likeness (QED) is 0.141. The molecule has 0 aromatic heterocycles. The second kappa shape index (κ2) is 18.4. The molecule has 8 heteroatoms. The Morgan fingerprint density at radius 3 is 1.49 bits per heavy atom. The molecule has 12 aromatic rings. The van der Waals surface area contributed by atoms with Crippen molar-refractivity contribution in [3.05, 3.63) is 301 Å². The Morgan fingerprint density at radius 2 is 0.815 bits per heavy atom. The zero-order valence-electron chi connectivity index (χ0n) is 43.7. The molecule has 0 atom stereocenters. The minimum atomic E-state index is -0.542. The van der Waals surface area contributed by atoms with Crippen molar-refractivity contribution in [3.63, 3.8) is 0 Å². The van der Waals surface area contributed by atoms with Gasteiger partial charge < -0.3 is 19.3 Å². The largest absolute Gasteiger partial charge is 0.457 e. The van der Waals surface area contributed by atoms with Gasteiger partial charge in [-0.3, -0.25) is 0 Å². The summed E-state index contributed by atoms with van der Waals surface area (Å²) in [5.41, 5.74) is 21.4. The highest BCUT2D eigenvalue weighted by atomic mass is 32.2. The molecule has 0 bridgehead atoms. The van der Waals surface area contributed by atoms with Crippen molar-refractivity contribution in [1.29, 1.82) is 0 Å². The van der Waals surface area contributed by atoms with E-state index in [4.69, 9.17) is 9.47 Å². The van der Waals surface area contributed by atoms with Crippen molar-refractivity contribution < 1.29 is 9.47 Å². The number of para-hydroxylation sites is 4. The van der Waals surface area contributed by atoms with Crippen LogP contribution in [-0.2, 0) is 5.41 Å². The zero-order valence-corrected chi connectivity index (χ0v) is 45.4. The SMILES string of the molecule is c1ccc(Oc2cc3c4c(c2)Sc2cc5c(cc2B4c2ccccc2S3)B2c3ccccc3N(c3ccccc3)c3cc(Oc4ccccc4)cc(c32)N5c2ccc3c(c2)-c2ccccc2C3(c2ccccc2)c2ccccc2)cc1. The molecule has 0 saturated carbocycles. The fourth-order valence-electron chi connectivity index (χ4n) is 13.9. The first-order valence-electron chi connectivity index (χ1n) is 27.7. The Morgan fingerprint density at radius 1 is 0.296 bits per heavy atom. The van der Waals surface area contributed by atoms with Gasteiger partial charge in [0.2, 0.25) is 6.71 Å².